The Hall–Kier alpha value is -1.49. The smallest absolute Gasteiger partial charge is 0.299 e. The van der Waals surface area contributed by atoms with Crippen molar-refractivity contribution in [2.75, 3.05) is 13.1 Å². The second-order valence-corrected chi connectivity index (χ2v) is 5.13. The minimum atomic E-state index is -0.695. The zero-order chi connectivity index (χ0) is 13.8. The van der Waals surface area contributed by atoms with Crippen LogP contribution in [0.25, 0.3) is 0 Å². The zero-order valence-corrected chi connectivity index (χ0v) is 11.1. The summed E-state index contributed by atoms with van der Waals surface area (Å²) in [4.78, 5) is 12.2. The lowest BCUT2D eigenvalue weighted by molar-refractivity contribution is -0.387. The quantitative estimate of drug-likeness (QED) is 0.586. The van der Waals surface area contributed by atoms with E-state index in [0.717, 1.165) is 13.1 Å². The van der Waals surface area contributed by atoms with Gasteiger partial charge in [0.2, 0.25) is 5.82 Å². The van der Waals surface area contributed by atoms with Gasteiger partial charge in [0, 0.05) is 24.7 Å². The first-order valence-corrected chi connectivity index (χ1v) is 6.76. The summed E-state index contributed by atoms with van der Waals surface area (Å²) in [6.07, 6.45) is 3.77. The number of halogens is 1. The molecule has 0 unspecified atom stereocenters. The van der Waals surface area contributed by atoms with Crippen LogP contribution in [-0.4, -0.2) is 22.9 Å². The molecule has 1 fully saturated rings. The van der Waals surface area contributed by atoms with Crippen LogP contribution in [0, 0.1) is 21.8 Å². The first-order chi connectivity index (χ1) is 9.11. The number of benzene rings is 1. The number of nitro benzene ring substituents is 1. The van der Waals surface area contributed by atoms with Crippen molar-refractivity contribution in [1.29, 1.82) is 0 Å². The first kappa shape index (κ1) is 13.9. The van der Waals surface area contributed by atoms with Gasteiger partial charge in [0.25, 0.3) is 0 Å². The van der Waals surface area contributed by atoms with E-state index in [1.165, 1.54) is 25.3 Å². The van der Waals surface area contributed by atoms with Gasteiger partial charge in [-0.2, -0.15) is 4.39 Å². The highest BCUT2D eigenvalue weighted by Crippen LogP contribution is 2.28. The lowest BCUT2D eigenvalue weighted by Crippen LogP contribution is -2.32. The molecule has 1 aliphatic rings. The SMILES string of the molecule is CCN(Cc1cccc([N+](=O)[O-])c1F)CC1CCC1. The normalized spacial score (nSPS) is 15.5. The van der Waals surface area contributed by atoms with Crippen molar-refractivity contribution in [1.82, 2.24) is 4.90 Å². The molecule has 1 saturated carbocycles. The van der Waals surface area contributed by atoms with Crippen molar-refractivity contribution in [3.05, 3.63) is 39.7 Å². The number of hydrogen-bond acceptors (Lipinski definition) is 3. The summed E-state index contributed by atoms with van der Waals surface area (Å²) in [6, 6.07) is 4.39. The van der Waals surface area contributed by atoms with E-state index in [0.29, 0.717) is 18.0 Å². The minimum Gasteiger partial charge on any atom is -0.299 e. The van der Waals surface area contributed by atoms with Gasteiger partial charge in [0.15, 0.2) is 0 Å². The monoisotopic (exact) mass is 266 g/mol. The van der Waals surface area contributed by atoms with Crippen LogP contribution in [-0.2, 0) is 6.54 Å². The molecule has 4 nitrogen and oxygen atoms in total. The van der Waals surface area contributed by atoms with Gasteiger partial charge < -0.3 is 0 Å². The van der Waals surface area contributed by atoms with E-state index in [2.05, 4.69) is 4.90 Å². The summed E-state index contributed by atoms with van der Waals surface area (Å²) < 4.78 is 14.0. The maximum Gasteiger partial charge on any atom is 0.305 e. The van der Waals surface area contributed by atoms with Gasteiger partial charge in [0.05, 0.1) is 4.92 Å². The highest BCUT2D eigenvalue weighted by Gasteiger charge is 2.22. The van der Waals surface area contributed by atoms with E-state index in [1.807, 2.05) is 6.92 Å². The maximum atomic E-state index is 14.0. The third-order valence-corrected chi connectivity index (χ3v) is 3.84. The first-order valence-electron chi connectivity index (χ1n) is 6.76. The largest absolute Gasteiger partial charge is 0.305 e. The Morgan fingerprint density at radius 2 is 2.21 bits per heavy atom. The van der Waals surface area contributed by atoms with Crippen molar-refractivity contribution in [3.8, 4) is 0 Å². The van der Waals surface area contributed by atoms with Gasteiger partial charge in [-0.1, -0.05) is 25.5 Å². The van der Waals surface area contributed by atoms with E-state index in [1.54, 1.807) is 12.1 Å². The van der Waals surface area contributed by atoms with Gasteiger partial charge in [-0.15, -0.1) is 0 Å². The number of nitrogens with zero attached hydrogens (tertiary/aromatic N) is 2. The average molecular weight is 266 g/mol. The molecule has 0 heterocycles. The summed E-state index contributed by atoms with van der Waals surface area (Å²) in [7, 11) is 0. The third kappa shape index (κ3) is 3.29. The van der Waals surface area contributed by atoms with E-state index in [9.17, 15) is 14.5 Å². The molecule has 0 amide bonds. The number of rotatable bonds is 6. The number of hydrogen-bond donors (Lipinski definition) is 0. The predicted octanol–water partition coefficient (Wildman–Crippen LogP) is 3.36. The molecule has 0 spiro atoms. The average Bonchev–Trinajstić information content (AvgIpc) is 2.33. The van der Waals surface area contributed by atoms with E-state index < -0.39 is 16.4 Å². The van der Waals surface area contributed by atoms with Crippen LogP contribution in [0.1, 0.15) is 31.7 Å². The van der Waals surface area contributed by atoms with Crippen LogP contribution < -0.4 is 0 Å². The zero-order valence-electron chi connectivity index (χ0n) is 11.1. The summed E-state index contributed by atoms with van der Waals surface area (Å²) in [5.74, 6) is 0.0151. The van der Waals surface area contributed by atoms with Crippen molar-refractivity contribution in [2.24, 2.45) is 5.92 Å². The fraction of sp³-hybridized carbons (Fsp3) is 0.571. The highest BCUT2D eigenvalue weighted by atomic mass is 19.1. The molecular formula is C14H19FN2O2. The Kier molecular flexibility index (Phi) is 4.47. The van der Waals surface area contributed by atoms with Gasteiger partial charge in [0.1, 0.15) is 0 Å². The molecule has 0 aliphatic heterocycles. The summed E-state index contributed by atoms with van der Waals surface area (Å²) >= 11 is 0. The molecule has 0 atom stereocenters. The van der Waals surface area contributed by atoms with Crippen molar-refractivity contribution < 1.29 is 9.31 Å². The second kappa shape index (κ2) is 6.10. The molecule has 0 bridgehead atoms. The Balaban J connectivity index is 2.07. The van der Waals surface area contributed by atoms with Crippen LogP contribution in [0.15, 0.2) is 18.2 Å². The van der Waals surface area contributed by atoms with Crippen LogP contribution in [0.5, 0.6) is 0 Å². The topological polar surface area (TPSA) is 46.4 Å². The summed E-state index contributed by atoms with van der Waals surface area (Å²) in [5.41, 5.74) is -0.0208. The molecular weight excluding hydrogens is 247 g/mol. The van der Waals surface area contributed by atoms with Gasteiger partial charge >= 0.3 is 5.69 Å². The van der Waals surface area contributed by atoms with Crippen LogP contribution in [0.3, 0.4) is 0 Å². The second-order valence-electron chi connectivity index (χ2n) is 5.13. The van der Waals surface area contributed by atoms with Crippen LogP contribution in [0.4, 0.5) is 10.1 Å². The van der Waals surface area contributed by atoms with Gasteiger partial charge in [-0.3, -0.25) is 15.0 Å². The summed E-state index contributed by atoms with van der Waals surface area (Å²) in [5, 5.41) is 10.7. The van der Waals surface area contributed by atoms with Crippen molar-refractivity contribution in [3.63, 3.8) is 0 Å². The molecule has 0 N–H and O–H groups in total. The Labute approximate surface area is 112 Å². The number of nitro groups is 1. The maximum absolute atomic E-state index is 14.0. The molecule has 0 saturated heterocycles. The molecule has 0 aromatic heterocycles. The third-order valence-electron chi connectivity index (χ3n) is 3.84. The lowest BCUT2D eigenvalue weighted by Gasteiger charge is -2.31. The Morgan fingerprint density at radius 3 is 2.74 bits per heavy atom. The molecule has 5 heteroatoms. The Morgan fingerprint density at radius 1 is 1.47 bits per heavy atom. The van der Waals surface area contributed by atoms with Crippen molar-refractivity contribution >= 4 is 5.69 Å². The van der Waals surface area contributed by atoms with E-state index in [-0.39, 0.29) is 0 Å². The highest BCUT2D eigenvalue weighted by molar-refractivity contribution is 5.36. The summed E-state index contributed by atoms with van der Waals surface area (Å²) in [6.45, 7) is 4.27. The van der Waals surface area contributed by atoms with Crippen LogP contribution in [0.2, 0.25) is 0 Å². The molecule has 1 aliphatic carbocycles. The standard InChI is InChI=1S/C14H19FN2O2/c1-2-16(9-11-5-3-6-11)10-12-7-4-8-13(14(12)15)17(18)19/h4,7-8,11H,2-3,5-6,9-10H2,1H3. The fourth-order valence-electron chi connectivity index (χ4n) is 2.42. The van der Waals surface area contributed by atoms with E-state index in [4.69, 9.17) is 0 Å². The molecule has 1 aromatic carbocycles. The molecule has 19 heavy (non-hydrogen) atoms. The van der Waals surface area contributed by atoms with E-state index >= 15 is 0 Å². The predicted molar refractivity (Wildman–Crippen MR) is 71.3 cm³/mol. The van der Waals surface area contributed by atoms with Gasteiger partial charge in [-0.25, -0.2) is 0 Å². The molecule has 2 rings (SSSR count). The van der Waals surface area contributed by atoms with Gasteiger partial charge in [-0.05, 0) is 25.3 Å². The fourth-order valence-corrected chi connectivity index (χ4v) is 2.42. The van der Waals surface area contributed by atoms with Crippen molar-refractivity contribution in [2.45, 2.75) is 32.7 Å². The van der Waals surface area contributed by atoms with Crippen LogP contribution >= 0.6 is 0 Å². The molecule has 0 radical (unpaired) electrons. The Bertz CT molecular complexity index is 461. The minimum absolute atomic E-state index is 0.412. The molecule has 104 valence electrons. The molecule has 1 aromatic rings. The lowest BCUT2D eigenvalue weighted by atomic mass is 9.85.